The molecule has 156 valence electrons. The monoisotopic (exact) mass is 414 g/mol. The standard InChI is InChI=1S/C16H17F3N6O4/c17-16(18,19)12-1-3-21-14(22-12)25-6-9(7-25)2-4-24(15(27)28)8-10-5-11(13(20)26)23-29-10/h1,3,5,9H,2,4,6-8H2,(H2,20,26)(H,27,28). The topological polar surface area (TPSA) is 139 Å². The van der Waals surface area contributed by atoms with E-state index < -0.39 is 23.9 Å². The summed E-state index contributed by atoms with van der Waals surface area (Å²) < 4.78 is 43.1. The predicted octanol–water partition coefficient (Wildman–Crippen LogP) is 1.59. The highest BCUT2D eigenvalue weighted by molar-refractivity contribution is 5.90. The van der Waals surface area contributed by atoms with Gasteiger partial charge in [-0.1, -0.05) is 5.16 Å². The number of nitrogens with two attached hydrogens (primary N) is 1. The van der Waals surface area contributed by atoms with Crippen LogP contribution in [0.2, 0.25) is 0 Å². The Morgan fingerprint density at radius 1 is 1.38 bits per heavy atom. The molecule has 1 aliphatic heterocycles. The highest BCUT2D eigenvalue weighted by atomic mass is 19.4. The smallest absolute Gasteiger partial charge is 0.433 e. The van der Waals surface area contributed by atoms with E-state index in [1.807, 2.05) is 0 Å². The number of hydrogen-bond acceptors (Lipinski definition) is 7. The summed E-state index contributed by atoms with van der Waals surface area (Å²) in [6, 6.07) is 2.08. The van der Waals surface area contributed by atoms with Crippen molar-refractivity contribution in [3.63, 3.8) is 0 Å². The second-order valence-electron chi connectivity index (χ2n) is 6.55. The molecule has 2 amide bonds. The molecule has 1 fully saturated rings. The largest absolute Gasteiger partial charge is 0.465 e. The highest BCUT2D eigenvalue weighted by Crippen LogP contribution is 2.30. The number of anilines is 1. The summed E-state index contributed by atoms with van der Waals surface area (Å²) >= 11 is 0. The van der Waals surface area contributed by atoms with Crippen molar-refractivity contribution in [2.24, 2.45) is 11.7 Å². The second-order valence-corrected chi connectivity index (χ2v) is 6.55. The summed E-state index contributed by atoms with van der Waals surface area (Å²) in [4.78, 5) is 32.5. The third-order valence-corrected chi connectivity index (χ3v) is 4.41. The van der Waals surface area contributed by atoms with Gasteiger partial charge in [-0.05, 0) is 18.4 Å². The van der Waals surface area contributed by atoms with E-state index in [0.717, 1.165) is 17.2 Å². The Morgan fingerprint density at radius 3 is 2.69 bits per heavy atom. The fourth-order valence-electron chi connectivity index (χ4n) is 2.85. The van der Waals surface area contributed by atoms with Crippen LogP contribution in [0, 0.1) is 5.92 Å². The Morgan fingerprint density at radius 2 is 2.10 bits per heavy atom. The van der Waals surface area contributed by atoms with Crippen molar-refractivity contribution < 1.29 is 32.4 Å². The molecule has 0 aromatic carbocycles. The maximum Gasteiger partial charge on any atom is 0.433 e. The van der Waals surface area contributed by atoms with Crippen LogP contribution >= 0.6 is 0 Å². The lowest BCUT2D eigenvalue weighted by atomic mass is 9.96. The molecule has 0 atom stereocenters. The van der Waals surface area contributed by atoms with Crippen molar-refractivity contribution in [2.75, 3.05) is 24.5 Å². The van der Waals surface area contributed by atoms with Crippen molar-refractivity contribution in [2.45, 2.75) is 19.1 Å². The van der Waals surface area contributed by atoms with E-state index >= 15 is 0 Å². The number of amides is 2. The molecule has 13 heteroatoms. The normalized spacial score (nSPS) is 14.5. The Hall–Kier alpha value is -3.38. The van der Waals surface area contributed by atoms with E-state index in [2.05, 4.69) is 15.1 Å². The Kier molecular flexibility index (Phi) is 5.57. The quantitative estimate of drug-likeness (QED) is 0.696. The number of rotatable bonds is 7. The molecule has 2 aromatic rings. The van der Waals surface area contributed by atoms with Gasteiger partial charge < -0.3 is 25.2 Å². The molecule has 2 aromatic heterocycles. The molecule has 0 bridgehead atoms. The summed E-state index contributed by atoms with van der Waals surface area (Å²) in [5, 5.41) is 12.8. The first-order chi connectivity index (χ1) is 13.6. The number of carboxylic acid groups (broad SMARTS) is 1. The molecule has 29 heavy (non-hydrogen) atoms. The van der Waals surface area contributed by atoms with Gasteiger partial charge in [-0.2, -0.15) is 13.2 Å². The lowest BCUT2D eigenvalue weighted by molar-refractivity contribution is -0.141. The van der Waals surface area contributed by atoms with Gasteiger partial charge in [0.15, 0.2) is 11.5 Å². The number of carbonyl (C=O) groups is 2. The van der Waals surface area contributed by atoms with E-state index in [9.17, 15) is 27.9 Å². The molecule has 1 saturated heterocycles. The Labute approximate surface area is 162 Å². The number of carbonyl (C=O) groups excluding carboxylic acids is 1. The molecule has 3 heterocycles. The number of alkyl halides is 3. The molecule has 0 unspecified atom stereocenters. The maximum absolute atomic E-state index is 12.7. The van der Waals surface area contributed by atoms with Crippen LogP contribution < -0.4 is 10.6 Å². The molecule has 3 N–H and O–H groups in total. The van der Waals surface area contributed by atoms with Crippen LogP contribution in [-0.2, 0) is 12.7 Å². The first kappa shape index (κ1) is 20.4. The molecular formula is C16H17F3N6O4. The lowest BCUT2D eigenvalue weighted by Gasteiger charge is -2.40. The zero-order valence-corrected chi connectivity index (χ0v) is 15.0. The van der Waals surface area contributed by atoms with Gasteiger partial charge >= 0.3 is 12.3 Å². The molecule has 1 aliphatic rings. The number of primary amides is 1. The first-order valence-electron chi connectivity index (χ1n) is 8.52. The average Bonchev–Trinajstić information content (AvgIpc) is 3.07. The van der Waals surface area contributed by atoms with E-state index in [4.69, 9.17) is 10.3 Å². The molecule has 0 saturated carbocycles. The minimum absolute atomic E-state index is 0.00759. The molecule has 0 spiro atoms. The van der Waals surface area contributed by atoms with Crippen LogP contribution in [0.4, 0.5) is 23.9 Å². The van der Waals surface area contributed by atoms with Crippen LogP contribution in [0.3, 0.4) is 0 Å². The number of nitrogens with zero attached hydrogens (tertiary/aromatic N) is 5. The SMILES string of the molecule is NC(=O)c1cc(CN(CCC2CN(c3nccc(C(F)(F)F)n3)C2)C(=O)O)on1. The maximum atomic E-state index is 12.7. The van der Waals surface area contributed by atoms with Gasteiger partial charge in [-0.15, -0.1) is 0 Å². The lowest BCUT2D eigenvalue weighted by Crippen LogP contribution is -2.49. The molecule has 10 nitrogen and oxygen atoms in total. The minimum Gasteiger partial charge on any atom is -0.465 e. The zero-order valence-electron chi connectivity index (χ0n) is 15.0. The van der Waals surface area contributed by atoms with E-state index in [1.165, 1.54) is 6.07 Å². The molecule has 0 aliphatic carbocycles. The Bertz CT molecular complexity index is 897. The zero-order chi connectivity index (χ0) is 21.2. The van der Waals surface area contributed by atoms with Crippen LogP contribution in [0.15, 0.2) is 22.9 Å². The van der Waals surface area contributed by atoms with Gasteiger partial charge in [0.2, 0.25) is 5.95 Å². The van der Waals surface area contributed by atoms with Crippen LogP contribution in [0.1, 0.15) is 28.4 Å². The van der Waals surface area contributed by atoms with E-state index in [1.54, 1.807) is 4.90 Å². The molecule has 3 rings (SSSR count). The summed E-state index contributed by atoms with van der Waals surface area (Å²) in [6.07, 6.45) is -4.18. The third-order valence-electron chi connectivity index (χ3n) is 4.41. The fraction of sp³-hybridized carbons (Fsp3) is 0.438. The van der Waals surface area contributed by atoms with Crippen LogP contribution in [0.25, 0.3) is 0 Å². The summed E-state index contributed by atoms with van der Waals surface area (Å²) in [5.74, 6) is -0.542. The second kappa shape index (κ2) is 7.93. The Balaban J connectivity index is 1.51. The van der Waals surface area contributed by atoms with Gasteiger partial charge in [0.05, 0.1) is 6.54 Å². The summed E-state index contributed by atoms with van der Waals surface area (Å²) in [6.45, 7) is 0.901. The van der Waals surface area contributed by atoms with Crippen LogP contribution in [-0.4, -0.2) is 56.8 Å². The molecular weight excluding hydrogens is 397 g/mol. The van der Waals surface area contributed by atoms with Gasteiger partial charge in [0.1, 0.15) is 5.69 Å². The average molecular weight is 414 g/mol. The fourth-order valence-corrected chi connectivity index (χ4v) is 2.85. The van der Waals surface area contributed by atoms with Crippen molar-refractivity contribution in [3.8, 4) is 0 Å². The highest BCUT2D eigenvalue weighted by Gasteiger charge is 2.35. The first-order valence-corrected chi connectivity index (χ1v) is 8.52. The van der Waals surface area contributed by atoms with Crippen molar-refractivity contribution in [3.05, 3.63) is 35.5 Å². The van der Waals surface area contributed by atoms with Crippen LogP contribution in [0.5, 0.6) is 0 Å². The third kappa shape index (κ3) is 4.92. The number of aromatic nitrogens is 3. The summed E-state index contributed by atoms with van der Waals surface area (Å²) in [5.41, 5.74) is 3.96. The predicted molar refractivity (Wildman–Crippen MR) is 90.8 cm³/mol. The van der Waals surface area contributed by atoms with Crippen molar-refractivity contribution in [1.82, 2.24) is 20.0 Å². The van der Waals surface area contributed by atoms with Gasteiger partial charge in [-0.25, -0.2) is 14.8 Å². The number of halogens is 3. The number of hydrogen-bond donors (Lipinski definition) is 2. The van der Waals surface area contributed by atoms with E-state index in [0.29, 0.717) is 19.5 Å². The summed E-state index contributed by atoms with van der Waals surface area (Å²) in [7, 11) is 0. The minimum atomic E-state index is -4.54. The van der Waals surface area contributed by atoms with Gasteiger partial charge in [0.25, 0.3) is 5.91 Å². The van der Waals surface area contributed by atoms with Gasteiger partial charge in [-0.3, -0.25) is 4.79 Å². The van der Waals surface area contributed by atoms with E-state index in [-0.39, 0.29) is 36.4 Å². The van der Waals surface area contributed by atoms with Gasteiger partial charge in [0, 0.05) is 31.9 Å². The van der Waals surface area contributed by atoms with Crippen molar-refractivity contribution in [1.29, 1.82) is 0 Å². The molecule has 0 radical (unpaired) electrons. The van der Waals surface area contributed by atoms with Crippen molar-refractivity contribution >= 4 is 17.9 Å².